The van der Waals surface area contributed by atoms with E-state index in [4.69, 9.17) is 0 Å². The van der Waals surface area contributed by atoms with E-state index in [-0.39, 0.29) is 0 Å². The van der Waals surface area contributed by atoms with Crippen molar-refractivity contribution in [3.8, 4) is 11.4 Å². The fourth-order valence-electron chi connectivity index (χ4n) is 1.52. The van der Waals surface area contributed by atoms with Crippen molar-refractivity contribution in [2.45, 2.75) is 20.4 Å². The van der Waals surface area contributed by atoms with E-state index in [9.17, 15) is 0 Å². The van der Waals surface area contributed by atoms with Crippen LogP contribution in [-0.4, -0.2) is 45.0 Å². The Hall–Kier alpha value is 0.0400. The van der Waals surface area contributed by atoms with Crippen molar-refractivity contribution in [1.29, 1.82) is 0 Å². The van der Waals surface area contributed by atoms with Crippen molar-refractivity contribution in [1.82, 2.24) is 19.9 Å². The molecule has 2 rings (SSSR count). The van der Waals surface area contributed by atoms with Gasteiger partial charge in [-0.05, 0) is 47.0 Å². The van der Waals surface area contributed by atoms with Crippen LogP contribution in [0.1, 0.15) is 0 Å². The minimum absolute atomic E-state index is 0.743. The molecule has 0 aromatic carbocycles. The lowest BCUT2D eigenvalue weighted by atomic mass is 10.3. The highest BCUT2D eigenvalue weighted by molar-refractivity contribution is 9.10. The van der Waals surface area contributed by atoms with Crippen LogP contribution in [0.4, 0.5) is 0 Å². The molecular formula is C12H13BrN4S4. The van der Waals surface area contributed by atoms with Gasteiger partial charge in [0.15, 0.2) is 10.3 Å². The summed E-state index contributed by atoms with van der Waals surface area (Å²) in [5.74, 6) is 0. The van der Waals surface area contributed by atoms with Gasteiger partial charge >= 0.3 is 0 Å². The summed E-state index contributed by atoms with van der Waals surface area (Å²) in [4.78, 5) is 18.1. The molecule has 0 aliphatic heterocycles. The summed E-state index contributed by atoms with van der Waals surface area (Å²) in [5, 5.41) is 3.34. The summed E-state index contributed by atoms with van der Waals surface area (Å²) >= 11 is 9.85. The molecule has 0 amide bonds. The predicted octanol–water partition coefficient (Wildman–Crippen LogP) is 4.58. The van der Waals surface area contributed by atoms with Crippen molar-refractivity contribution < 1.29 is 0 Å². The van der Waals surface area contributed by atoms with Crippen LogP contribution < -0.4 is 0 Å². The maximum absolute atomic E-state index is 4.60. The van der Waals surface area contributed by atoms with Gasteiger partial charge in [-0.15, -0.1) is 23.5 Å². The summed E-state index contributed by atoms with van der Waals surface area (Å²) in [7, 11) is 0. The van der Waals surface area contributed by atoms with Gasteiger partial charge in [0.1, 0.15) is 15.7 Å². The van der Waals surface area contributed by atoms with Gasteiger partial charge < -0.3 is 0 Å². The molecule has 2 aromatic rings. The first kappa shape index (κ1) is 17.4. The largest absolute Gasteiger partial charge is 0.221 e. The number of aromatic nitrogens is 4. The van der Waals surface area contributed by atoms with Crippen molar-refractivity contribution in [3.63, 3.8) is 0 Å². The van der Waals surface area contributed by atoms with Gasteiger partial charge in [0, 0.05) is 0 Å². The van der Waals surface area contributed by atoms with Crippen molar-refractivity contribution in [3.05, 3.63) is 10.5 Å². The van der Waals surface area contributed by atoms with Gasteiger partial charge in [-0.3, -0.25) is 0 Å². The number of halogens is 1. The molecule has 0 fully saturated rings. The van der Waals surface area contributed by atoms with Gasteiger partial charge in [-0.1, -0.05) is 23.5 Å². The lowest BCUT2D eigenvalue weighted by molar-refractivity contribution is 0.861. The Kier molecular flexibility index (Phi) is 6.67. The highest BCUT2D eigenvalue weighted by Gasteiger charge is 2.16. The summed E-state index contributed by atoms with van der Waals surface area (Å²) < 4.78 is 0.880. The van der Waals surface area contributed by atoms with Crippen LogP contribution >= 0.6 is 63.0 Å². The van der Waals surface area contributed by atoms with Gasteiger partial charge in [-0.2, -0.15) is 0 Å². The van der Waals surface area contributed by atoms with Crippen molar-refractivity contribution in [2.75, 3.05) is 25.0 Å². The first-order valence-corrected chi connectivity index (χ1v) is 11.4. The zero-order valence-corrected chi connectivity index (χ0v) is 16.7. The molecule has 9 heteroatoms. The topological polar surface area (TPSA) is 51.6 Å². The zero-order chi connectivity index (χ0) is 15.4. The summed E-state index contributed by atoms with van der Waals surface area (Å²) in [6, 6.07) is 1.96. The smallest absolute Gasteiger partial charge is 0.189 e. The number of hydrogen-bond donors (Lipinski definition) is 0. The number of rotatable bonds is 5. The summed E-state index contributed by atoms with van der Waals surface area (Å²) in [6.07, 6.45) is 7.95. The molecule has 0 spiro atoms. The van der Waals surface area contributed by atoms with E-state index in [2.05, 4.69) is 35.9 Å². The van der Waals surface area contributed by atoms with E-state index >= 15 is 0 Å². The number of thioether (sulfide) groups is 4. The molecule has 0 aliphatic rings. The lowest BCUT2D eigenvalue weighted by Crippen LogP contribution is -1.99. The Morgan fingerprint density at radius 2 is 1.48 bits per heavy atom. The molecule has 2 heterocycles. The second kappa shape index (κ2) is 8.05. The molecule has 0 saturated heterocycles. The molecule has 4 nitrogen and oxygen atoms in total. The molecule has 0 aliphatic carbocycles. The van der Waals surface area contributed by atoms with E-state index in [1.165, 1.54) is 23.5 Å². The molecule has 0 saturated carbocycles. The minimum Gasteiger partial charge on any atom is -0.221 e. The third-order valence-corrected chi connectivity index (χ3v) is 5.91. The third-order valence-electron chi connectivity index (χ3n) is 2.49. The average Bonchev–Trinajstić information content (AvgIpc) is 2.54. The summed E-state index contributed by atoms with van der Waals surface area (Å²) in [6.45, 7) is 0. The van der Waals surface area contributed by atoms with Crippen LogP contribution in [0.5, 0.6) is 0 Å². The highest BCUT2D eigenvalue weighted by atomic mass is 79.9. The van der Waals surface area contributed by atoms with E-state index in [1.54, 1.807) is 23.5 Å². The SMILES string of the molecule is CSc1cc(-c2nc(SC)nc(SC)c2Br)nc(SC)n1. The second-order valence-electron chi connectivity index (χ2n) is 3.66. The molecule has 21 heavy (non-hydrogen) atoms. The second-order valence-corrected chi connectivity index (χ2v) is 7.63. The lowest BCUT2D eigenvalue weighted by Gasteiger charge is -2.10. The summed E-state index contributed by atoms with van der Waals surface area (Å²) in [5.41, 5.74) is 1.63. The number of nitrogens with zero attached hydrogens (tertiary/aromatic N) is 4. The molecule has 2 aromatic heterocycles. The average molecular weight is 421 g/mol. The van der Waals surface area contributed by atoms with E-state index in [0.717, 1.165) is 36.2 Å². The van der Waals surface area contributed by atoms with Crippen LogP contribution in [0, 0.1) is 0 Å². The molecule has 0 unspecified atom stereocenters. The normalized spacial score (nSPS) is 10.9. The standard InChI is InChI=1S/C12H13BrN4S4/c1-18-7-5-6(14-11(15-7)20-3)9-8(13)10(19-2)17-12(16-9)21-4/h5H,1-4H3. The van der Waals surface area contributed by atoms with Gasteiger partial charge in [0.25, 0.3) is 0 Å². The van der Waals surface area contributed by atoms with E-state index < -0.39 is 0 Å². The molecule has 0 radical (unpaired) electrons. The Morgan fingerprint density at radius 1 is 0.810 bits per heavy atom. The minimum atomic E-state index is 0.743. The Labute approximate surface area is 149 Å². The fourth-order valence-corrected chi connectivity index (χ4v) is 4.11. The van der Waals surface area contributed by atoms with Crippen molar-refractivity contribution >= 4 is 63.0 Å². The molecular weight excluding hydrogens is 408 g/mol. The Morgan fingerprint density at radius 3 is 2.05 bits per heavy atom. The maximum atomic E-state index is 4.60. The van der Waals surface area contributed by atoms with Crippen LogP contribution in [-0.2, 0) is 0 Å². The quantitative estimate of drug-likeness (QED) is 0.395. The highest BCUT2D eigenvalue weighted by Crippen LogP contribution is 2.35. The third kappa shape index (κ3) is 4.07. The van der Waals surface area contributed by atoms with Crippen molar-refractivity contribution in [2.24, 2.45) is 0 Å². The van der Waals surface area contributed by atoms with Crippen LogP contribution in [0.3, 0.4) is 0 Å². The predicted molar refractivity (Wildman–Crippen MR) is 97.9 cm³/mol. The van der Waals surface area contributed by atoms with Crippen LogP contribution in [0.2, 0.25) is 0 Å². The van der Waals surface area contributed by atoms with Gasteiger partial charge in [0.2, 0.25) is 0 Å². The first-order chi connectivity index (χ1) is 10.1. The molecule has 0 bridgehead atoms. The van der Waals surface area contributed by atoms with Crippen LogP contribution in [0.25, 0.3) is 11.4 Å². The maximum Gasteiger partial charge on any atom is 0.189 e. The molecule has 112 valence electrons. The molecule has 0 N–H and O–H groups in total. The zero-order valence-electron chi connectivity index (χ0n) is 11.9. The molecule has 0 atom stereocenters. The fraction of sp³-hybridized carbons (Fsp3) is 0.333. The van der Waals surface area contributed by atoms with Crippen LogP contribution in [0.15, 0.2) is 30.9 Å². The van der Waals surface area contributed by atoms with Gasteiger partial charge in [-0.25, -0.2) is 19.9 Å². The van der Waals surface area contributed by atoms with E-state index in [1.807, 2.05) is 31.1 Å². The Balaban J connectivity index is 2.65. The Bertz CT molecular complexity index is 631. The monoisotopic (exact) mass is 420 g/mol. The first-order valence-electron chi connectivity index (χ1n) is 5.75. The van der Waals surface area contributed by atoms with E-state index in [0.29, 0.717) is 0 Å². The van der Waals surface area contributed by atoms with Gasteiger partial charge in [0.05, 0.1) is 10.2 Å². The number of hydrogen-bond acceptors (Lipinski definition) is 8.